The second-order valence-electron chi connectivity index (χ2n) is 6.10. The Morgan fingerprint density at radius 1 is 1.35 bits per heavy atom. The van der Waals surface area contributed by atoms with Crippen LogP contribution in [0.4, 0.5) is 0 Å². The average Bonchev–Trinajstić information content (AvgIpc) is 2.28. The smallest absolute Gasteiger partial charge is 0.310 e. The summed E-state index contributed by atoms with van der Waals surface area (Å²) >= 11 is 0. The predicted octanol–water partition coefficient (Wildman–Crippen LogP) is 3.03. The standard InChI is InChI=1S/C14H27NO2/c1-11(2)8-14(10-15,13(16)17)9-12-6-4-3-5-7-12/h11-12H,3-10,15H2,1-2H3,(H,16,17). The molecule has 1 fully saturated rings. The van der Waals surface area contributed by atoms with Crippen LogP contribution >= 0.6 is 0 Å². The molecule has 0 bridgehead atoms. The van der Waals surface area contributed by atoms with Crippen LogP contribution in [0.1, 0.15) is 58.8 Å². The normalized spacial score (nSPS) is 21.4. The molecule has 3 heteroatoms. The maximum Gasteiger partial charge on any atom is 0.310 e. The largest absolute Gasteiger partial charge is 0.481 e. The predicted molar refractivity (Wildman–Crippen MR) is 69.8 cm³/mol. The molecule has 1 unspecified atom stereocenters. The lowest BCUT2D eigenvalue weighted by Gasteiger charge is -2.34. The lowest BCUT2D eigenvalue weighted by Crippen LogP contribution is -2.41. The third-order valence-corrected chi connectivity index (χ3v) is 4.05. The van der Waals surface area contributed by atoms with Crippen LogP contribution in [0, 0.1) is 17.3 Å². The van der Waals surface area contributed by atoms with Crippen LogP contribution in [0.25, 0.3) is 0 Å². The Morgan fingerprint density at radius 3 is 2.35 bits per heavy atom. The van der Waals surface area contributed by atoms with Crippen molar-refractivity contribution < 1.29 is 9.90 Å². The summed E-state index contributed by atoms with van der Waals surface area (Å²) in [5.74, 6) is 0.264. The first-order valence-electron chi connectivity index (χ1n) is 6.93. The van der Waals surface area contributed by atoms with E-state index in [1.165, 1.54) is 32.1 Å². The van der Waals surface area contributed by atoms with Gasteiger partial charge < -0.3 is 10.8 Å². The molecule has 1 aliphatic carbocycles. The number of rotatable bonds is 6. The van der Waals surface area contributed by atoms with E-state index >= 15 is 0 Å². The highest BCUT2D eigenvalue weighted by molar-refractivity contribution is 5.75. The summed E-state index contributed by atoms with van der Waals surface area (Å²) < 4.78 is 0. The quantitative estimate of drug-likeness (QED) is 0.751. The Kier molecular flexibility index (Phi) is 5.44. The van der Waals surface area contributed by atoms with Gasteiger partial charge in [0, 0.05) is 6.54 Å². The molecule has 0 aromatic carbocycles. The molecule has 3 N–H and O–H groups in total. The van der Waals surface area contributed by atoms with Gasteiger partial charge in [-0.3, -0.25) is 4.79 Å². The molecule has 100 valence electrons. The molecule has 0 radical (unpaired) electrons. The SMILES string of the molecule is CC(C)CC(CN)(CC1CCCCC1)C(=O)O. The Labute approximate surface area is 105 Å². The highest BCUT2D eigenvalue weighted by Gasteiger charge is 2.39. The van der Waals surface area contributed by atoms with Crippen LogP contribution in [0.15, 0.2) is 0 Å². The van der Waals surface area contributed by atoms with Crippen LogP contribution in [-0.4, -0.2) is 17.6 Å². The van der Waals surface area contributed by atoms with Gasteiger partial charge in [-0.15, -0.1) is 0 Å². The minimum absolute atomic E-state index is 0.275. The highest BCUT2D eigenvalue weighted by Crippen LogP contribution is 2.38. The number of aliphatic carboxylic acids is 1. The van der Waals surface area contributed by atoms with Gasteiger partial charge in [-0.05, 0) is 24.7 Å². The summed E-state index contributed by atoms with van der Waals surface area (Å²) in [5.41, 5.74) is 5.11. The molecular weight excluding hydrogens is 214 g/mol. The fourth-order valence-electron chi connectivity index (χ4n) is 3.24. The summed E-state index contributed by atoms with van der Waals surface area (Å²) in [5, 5.41) is 9.52. The maximum atomic E-state index is 11.6. The van der Waals surface area contributed by atoms with Crippen molar-refractivity contribution in [1.29, 1.82) is 0 Å². The molecule has 3 nitrogen and oxygen atoms in total. The molecule has 1 saturated carbocycles. The minimum Gasteiger partial charge on any atom is -0.481 e. The molecule has 1 aliphatic rings. The molecule has 0 aliphatic heterocycles. The number of carbonyl (C=O) groups is 1. The zero-order valence-electron chi connectivity index (χ0n) is 11.2. The molecular formula is C14H27NO2. The first-order valence-corrected chi connectivity index (χ1v) is 6.93. The molecule has 0 aromatic rings. The summed E-state index contributed by atoms with van der Waals surface area (Å²) in [6.07, 6.45) is 7.68. The van der Waals surface area contributed by atoms with Crippen molar-refractivity contribution in [1.82, 2.24) is 0 Å². The monoisotopic (exact) mass is 241 g/mol. The van der Waals surface area contributed by atoms with Gasteiger partial charge in [0.05, 0.1) is 5.41 Å². The average molecular weight is 241 g/mol. The number of nitrogens with two attached hydrogens (primary N) is 1. The Morgan fingerprint density at radius 2 is 1.94 bits per heavy atom. The lowest BCUT2D eigenvalue weighted by molar-refractivity contribution is -0.150. The van der Waals surface area contributed by atoms with E-state index in [1.54, 1.807) is 0 Å². The first-order chi connectivity index (χ1) is 8.00. The van der Waals surface area contributed by atoms with Crippen LogP contribution < -0.4 is 5.73 Å². The number of carboxylic acid groups (broad SMARTS) is 1. The van der Waals surface area contributed by atoms with E-state index in [1.807, 2.05) is 0 Å². The molecule has 0 amide bonds. The molecule has 0 spiro atoms. The van der Waals surface area contributed by atoms with E-state index in [2.05, 4.69) is 13.8 Å². The Hall–Kier alpha value is -0.570. The summed E-state index contributed by atoms with van der Waals surface area (Å²) in [4.78, 5) is 11.6. The topological polar surface area (TPSA) is 63.3 Å². The zero-order valence-corrected chi connectivity index (χ0v) is 11.2. The molecule has 0 aromatic heterocycles. The van der Waals surface area contributed by atoms with E-state index in [-0.39, 0.29) is 6.54 Å². The van der Waals surface area contributed by atoms with Gasteiger partial charge in [0.15, 0.2) is 0 Å². The van der Waals surface area contributed by atoms with Crippen molar-refractivity contribution in [3.05, 3.63) is 0 Å². The molecule has 1 atom stereocenters. The molecule has 17 heavy (non-hydrogen) atoms. The van der Waals surface area contributed by atoms with Gasteiger partial charge in [0.25, 0.3) is 0 Å². The highest BCUT2D eigenvalue weighted by atomic mass is 16.4. The third kappa shape index (κ3) is 3.98. The van der Waals surface area contributed by atoms with Gasteiger partial charge in [0.2, 0.25) is 0 Å². The van der Waals surface area contributed by atoms with Crippen LogP contribution in [0.3, 0.4) is 0 Å². The van der Waals surface area contributed by atoms with Gasteiger partial charge in [-0.2, -0.15) is 0 Å². The molecule has 0 saturated heterocycles. The Bertz CT molecular complexity index is 247. The fraction of sp³-hybridized carbons (Fsp3) is 0.929. The number of hydrogen-bond acceptors (Lipinski definition) is 2. The number of carboxylic acids is 1. The van der Waals surface area contributed by atoms with Gasteiger partial charge in [0.1, 0.15) is 0 Å². The van der Waals surface area contributed by atoms with Gasteiger partial charge in [-0.25, -0.2) is 0 Å². The molecule has 0 heterocycles. The number of hydrogen-bond donors (Lipinski definition) is 2. The third-order valence-electron chi connectivity index (χ3n) is 4.05. The van der Waals surface area contributed by atoms with Crippen molar-refractivity contribution in [2.75, 3.05) is 6.54 Å². The Balaban J connectivity index is 2.70. The van der Waals surface area contributed by atoms with E-state index in [9.17, 15) is 9.90 Å². The summed E-state index contributed by atoms with van der Waals surface area (Å²) in [6, 6.07) is 0. The van der Waals surface area contributed by atoms with E-state index in [0.29, 0.717) is 18.3 Å². The second-order valence-corrected chi connectivity index (χ2v) is 6.10. The summed E-state index contributed by atoms with van der Waals surface area (Å²) in [6.45, 7) is 4.43. The first kappa shape index (κ1) is 14.5. The van der Waals surface area contributed by atoms with Crippen molar-refractivity contribution in [2.45, 2.75) is 58.8 Å². The maximum absolute atomic E-state index is 11.6. The van der Waals surface area contributed by atoms with E-state index in [0.717, 1.165) is 6.42 Å². The van der Waals surface area contributed by atoms with E-state index in [4.69, 9.17) is 5.73 Å². The van der Waals surface area contributed by atoms with Crippen LogP contribution in [0.5, 0.6) is 0 Å². The van der Waals surface area contributed by atoms with Crippen molar-refractivity contribution in [2.24, 2.45) is 23.0 Å². The van der Waals surface area contributed by atoms with Crippen LogP contribution in [0.2, 0.25) is 0 Å². The van der Waals surface area contributed by atoms with Crippen molar-refractivity contribution >= 4 is 5.97 Å². The van der Waals surface area contributed by atoms with E-state index < -0.39 is 11.4 Å². The van der Waals surface area contributed by atoms with Gasteiger partial charge in [-0.1, -0.05) is 46.0 Å². The fourth-order valence-corrected chi connectivity index (χ4v) is 3.24. The van der Waals surface area contributed by atoms with Crippen LogP contribution in [-0.2, 0) is 4.79 Å². The van der Waals surface area contributed by atoms with Crippen molar-refractivity contribution in [3.8, 4) is 0 Å². The minimum atomic E-state index is -0.695. The second kappa shape index (κ2) is 6.39. The van der Waals surface area contributed by atoms with Gasteiger partial charge >= 0.3 is 5.97 Å². The zero-order chi connectivity index (χ0) is 12.9. The lowest BCUT2D eigenvalue weighted by atomic mass is 9.70. The van der Waals surface area contributed by atoms with Crippen molar-refractivity contribution in [3.63, 3.8) is 0 Å². The molecule has 1 rings (SSSR count). The summed E-state index contributed by atoms with van der Waals surface area (Å²) in [7, 11) is 0.